The van der Waals surface area contributed by atoms with Gasteiger partial charge in [0.05, 0.1) is 5.69 Å². The Kier molecular flexibility index (Phi) is 3.38. The standard InChI is InChI=1S/C20H19N3O3/c1-12-6-7-23-16-9-13(2-4-15(16)22-19(23)8-12)20(24)21-14-3-5-17-18(10-14)26-11-25-17/h3,5-8,10,13H,2,4,9,11H2,1H3,(H,21,24). The van der Waals surface area contributed by atoms with Gasteiger partial charge in [0.2, 0.25) is 12.7 Å². The number of nitrogens with zero attached hydrogens (tertiary/aromatic N) is 2. The summed E-state index contributed by atoms with van der Waals surface area (Å²) < 4.78 is 12.8. The molecule has 0 bridgehead atoms. The molecule has 3 aromatic rings. The Morgan fingerprint density at radius 2 is 2.12 bits per heavy atom. The highest BCUT2D eigenvalue weighted by Crippen LogP contribution is 2.35. The molecule has 0 radical (unpaired) electrons. The first-order valence-electron chi connectivity index (χ1n) is 8.84. The van der Waals surface area contributed by atoms with Crippen molar-refractivity contribution in [2.45, 2.75) is 26.2 Å². The van der Waals surface area contributed by atoms with E-state index in [9.17, 15) is 4.79 Å². The van der Waals surface area contributed by atoms with Crippen LogP contribution in [-0.4, -0.2) is 22.1 Å². The van der Waals surface area contributed by atoms with Crippen molar-refractivity contribution in [2.24, 2.45) is 5.92 Å². The first-order chi connectivity index (χ1) is 12.7. The fraction of sp³-hybridized carbons (Fsp3) is 0.300. The van der Waals surface area contributed by atoms with Crippen LogP contribution in [0.15, 0.2) is 36.5 Å². The summed E-state index contributed by atoms with van der Waals surface area (Å²) in [5, 5.41) is 3.02. The Morgan fingerprint density at radius 1 is 1.23 bits per heavy atom. The molecule has 132 valence electrons. The van der Waals surface area contributed by atoms with Gasteiger partial charge < -0.3 is 19.2 Å². The van der Waals surface area contributed by atoms with Gasteiger partial charge in [0, 0.05) is 36.0 Å². The van der Waals surface area contributed by atoms with Crippen LogP contribution in [0.5, 0.6) is 11.5 Å². The zero-order valence-corrected chi connectivity index (χ0v) is 14.5. The lowest BCUT2D eigenvalue weighted by Crippen LogP contribution is -2.28. The van der Waals surface area contributed by atoms with E-state index in [-0.39, 0.29) is 18.6 Å². The summed E-state index contributed by atoms with van der Waals surface area (Å²) in [4.78, 5) is 17.5. The number of anilines is 1. The van der Waals surface area contributed by atoms with Crippen molar-refractivity contribution in [3.05, 3.63) is 53.5 Å². The van der Waals surface area contributed by atoms with Gasteiger partial charge in [-0.25, -0.2) is 4.98 Å². The summed E-state index contributed by atoms with van der Waals surface area (Å²) >= 11 is 0. The molecule has 1 aliphatic heterocycles. The molecule has 3 heterocycles. The summed E-state index contributed by atoms with van der Waals surface area (Å²) in [7, 11) is 0. The van der Waals surface area contributed by atoms with Crippen LogP contribution in [0.2, 0.25) is 0 Å². The van der Waals surface area contributed by atoms with E-state index in [1.807, 2.05) is 18.2 Å². The predicted octanol–water partition coefficient (Wildman–Crippen LogP) is 3.12. The Labute approximate surface area is 150 Å². The normalized spacial score (nSPS) is 18.0. The largest absolute Gasteiger partial charge is 0.454 e. The number of ether oxygens (including phenoxy) is 2. The molecule has 0 saturated heterocycles. The average Bonchev–Trinajstić information content (AvgIpc) is 3.24. The monoisotopic (exact) mass is 349 g/mol. The lowest BCUT2D eigenvalue weighted by Gasteiger charge is -2.21. The summed E-state index contributed by atoms with van der Waals surface area (Å²) in [5.74, 6) is 1.36. The van der Waals surface area contributed by atoms with Crippen LogP contribution in [0.4, 0.5) is 5.69 Å². The van der Waals surface area contributed by atoms with E-state index < -0.39 is 0 Å². The molecule has 2 aliphatic rings. The molecular weight excluding hydrogens is 330 g/mol. The van der Waals surface area contributed by atoms with Crippen molar-refractivity contribution in [1.29, 1.82) is 0 Å². The smallest absolute Gasteiger partial charge is 0.231 e. The number of carbonyl (C=O) groups excluding carboxylic acids is 1. The minimum absolute atomic E-state index is 0.0385. The summed E-state index contributed by atoms with van der Waals surface area (Å²) in [6, 6.07) is 9.64. The molecule has 0 spiro atoms. The summed E-state index contributed by atoms with van der Waals surface area (Å²) in [6.07, 6.45) is 4.39. The van der Waals surface area contributed by atoms with Crippen LogP contribution in [0, 0.1) is 12.8 Å². The first kappa shape index (κ1) is 15.3. The van der Waals surface area contributed by atoms with Gasteiger partial charge in [-0.1, -0.05) is 0 Å². The number of pyridine rings is 1. The number of nitrogens with one attached hydrogen (secondary N) is 1. The number of carbonyl (C=O) groups is 1. The third-order valence-electron chi connectivity index (χ3n) is 5.14. The molecule has 6 nitrogen and oxygen atoms in total. The summed E-state index contributed by atoms with van der Waals surface area (Å²) in [6.45, 7) is 2.29. The highest BCUT2D eigenvalue weighted by atomic mass is 16.7. The van der Waals surface area contributed by atoms with Gasteiger partial charge in [-0.3, -0.25) is 4.79 Å². The van der Waals surface area contributed by atoms with E-state index in [2.05, 4.69) is 35.0 Å². The second-order valence-electron chi connectivity index (χ2n) is 6.93. The first-order valence-corrected chi connectivity index (χ1v) is 8.84. The van der Waals surface area contributed by atoms with Crippen LogP contribution >= 0.6 is 0 Å². The van der Waals surface area contributed by atoms with E-state index in [0.717, 1.165) is 35.6 Å². The molecule has 1 atom stereocenters. The molecule has 2 aromatic heterocycles. The van der Waals surface area contributed by atoms with E-state index >= 15 is 0 Å². The van der Waals surface area contributed by atoms with Gasteiger partial charge in [0.1, 0.15) is 5.65 Å². The van der Waals surface area contributed by atoms with E-state index in [1.54, 1.807) is 0 Å². The third-order valence-corrected chi connectivity index (χ3v) is 5.14. The Hall–Kier alpha value is -3.02. The molecule has 1 N–H and O–H groups in total. The quantitative estimate of drug-likeness (QED) is 0.772. The number of benzene rings is 1. The van der Waals surface area contributed by atoms with Crippen LogP contribution in [0.3, 0.4) is 0 Å². The van der Waals surface area contributed by atoms with Crippen LogP contribution in [0.25, 0.3) is 5.65 Å². The molecule has 1 amide bonds. The maximum absolute atomic E-state index is 12.8. The number of amides is 1. The molecule has 0 saturated carbocycles. The van der Waals surface area contributed by atoms with Gasteiger partial charge in [-0.05, 0) is 49.6 Å². The highest BCUT2D eigenvalue weighted by molar-refractivity contribution is 5.93. The Bertz CT molecular complexity index is 1020. The second-order valence-corrected chi connectivity index (χ2v) is 6.93. The zero-order chi connectivity index (χ0) is 17.7. The van der Waals surface area contributed by atoms with Crippen molar-refractivity contribution in [3.8, 4) is 11.5 Å². The Morgan fingerprint density at radius 3 is 3.04 bits per heavy atom. The summed E-state index contributed by atoms with van der Waals surface area (Å²) in [5.41, 5.74) is 5.16. The molecule has 1 aromatic carbocycles. The SMILES string of the molecule is Cc1ccn2c3c(nc2c1)CCC(C(=O)Nc1ccc2c(c1)OCO2)C3. The number of hydrogen-bond donors (Lipinski definition) is 1. The minimum atomic E-state index is -0.0610. The van der Waals surface area contributed by atoms with E-state index in [4.69, 9.17) is 14.5 Å². The van der Waals surface area contributed by atoms with Gasteiger partial charge >= 0.3 is 0 Å². The number of aromatic nitrogens is 2. The number of aryl methyl sites for hydroxylation is 2. The van der Waals surface area contributed by atoms with Crippen molar-refractivity contribution in [2.75, 3.05) is 12.1 Å². The van der Waals surface area contributed by atoms with Crippen molar-refractivity contribution < 1.29 is 14.3 Å². The van der Waals surface area contributed by atoms with Gasteiger partial charge in [-0.15, -0.1) is 0 Å². The number of fused-ring (bicyclic) bond motifs is 4. The molecule has 6 heteroatoms. The van der Waals surface area contributed by atoms with Gasteiger partial charge in [0.25, 0.3) is 0 Å². The molecule has 1 aliphatic carbocycles. The van der Waals surface area contributed by atoms with E-state index in [0.29, 0.717) is 17.9 Å². The minimum Gasteiger partial charge on any atom is -0.454 e. The maximum atomic E-state index is 12.8. The van der Waals surface area contributed by atoms with Crippen LogP contribution in [-0.2, 0) is 17.6 Å². The van der Waals surface area contributed by atoms with Crippen LogP contribution < -0.4 is 14.8 Å². The Balaban J connectivity index is 1.37. The predicted molar refractivity (Wildman–Crippen MR) is 96.6 cm³/mol. The van der Waals surface area contributed by atoms with Gasteiger partial charge in [-0.2, -0.15) is 0 Å². The van der Waals surface area contributed by atoms with Crippen molar-refractivity contribution >= 4 is 17.2 Å². The van der Waals surface area contributed by atoms with Gasteiger partial charge in [0.15, 0.2) is 11.5 Å². The fourth-order valence-electron chi connectivity index (χ4n) is 3.75. The molecule has 1 unspecified atom stereocenters. The molecule has 5 rings (SSSR count). The zero-order valence-electron chi connectivity index (χ0n) is 14.5. The third kappa shape index (κ3) is 2.49. The van der Waals surface area contributed by atoms with Crippen molar-refractivity contribution in [1.82, 2.24) is 9.38 Å². The number of imidazole rings is 1. The van der Waals surface area contributed by atoms with Crippen LogP contribution in [0.1, 0.15) is 23.4 Å². The lowest BCUT2D eigenvalue weighted by atomic mass is 9.89. The lowest BCUT2D eigenvalue weighted by molar-refractivity contribution is -0.120. The fourth-order valence-corrected chi connectivity index (χ4v) is 3.75. The molecule has 0 fully saturated rings. The number of rotatable bonds is 2. The maximum Gasteiger partial charge on any atom is 0.231 e. The number of hydrogen-bond acceptors (Lipinski definition) is 4. The topological polar surface area (TPSA) is 64.9 Å². The van der Waals surface area contributed by atoms with E-state index in [1.165, 1.54) is 5.56 Å². The molecule has 26 heavy (non-hydrogen) atoms. The second kappa shape index (κ2) is 5.76. The van der Waals surface area contributed by atoms with Crippen molar-refractivity contribution in [3.63, 3.8) is 0 Å². The highest BCUT2D eigenvalue weighted by Gasteiger charge is 2.28. The average molecular weight is 349 g/mol. The molecular formula is C20H19N3O3.